The monoisotopic (exact) mass is 475 g/mol. The Bertz CT molecular complexity index is 851. The molecule has 0 aromatic heterocycles. The average Bonchev–Trinajstić information content (AvgIpc) is 2.64. The Hall–Kier alpha value is -3.03. The van der Waals surface area contributed by atoms with Crippen LogP contribution in [-0.4, -0.2) is 51.6 Å². The van der Waals surface area contributed by atoms with Crippen molar-refractivity contribution >= 4 is 17.9 Å². The summed E-state index contributed by atoms with van der Waals surface area (Å²) in [6.45, 7) is 18.5. The molecule has 8 nitrogen and oxygen atoms in total. The van der Waals surface area contributed by atoms with Gasteiger partial charge in [0.15, 0.2) is 0 Å². The molecule has 2 atom stereocenters. The van der Waals surface area contributed by atoms with Crippen LogP contribution in [0.1, 0.15) is 73.4 Å². The lowest BCUT2D eigenvalue weighted by atomic mass is 9.98. The van der Waals surface area contributed by atoms with E-state index in [0.29, 0.717) is 12.0 Å². The molecule has 0 heterocycles. The summed E-state index contributed by atoms with van der Waals surface area (Å²) in [7, 11) is 0. The third-order valence-corrected chi connectivity index (χ3v) is 4.57. The summed E-state index contributed by atoms with van der Waals surface area (Å²) in [6, 6.07) is 4.23. The molecule has 0 aliphatic heterocycles. The molecule has 0 aliphatic rings. The highest BCUT2D eigenvalue weighted by atomic mass is 16.6. The van der Waals surface area contributed by atoms with Crippen LogP contribution in [0.5, 0.6) is 5.75 Å². The van der Waals surface area contributed by atoms with Crippen molar-refractivity contribution in [3.05, 3.63) is 42.5 Å². The smallest absolute Gasteiger partial charge is 0.408 e. The molecule has 0 aliphatic carbocycles. The van der Waals surface area contributed by atoms with Crippen LogP contribution < -0.4 is 10.6 Å². The molecule has 0 saturated carbocycles. The first-order valence-corrected chi connectivity index (χ1v) is 11.6. The number of carbonyl (C=O) groups excluding carboxylic acids is 3. The van der Waals surface area contributed by atoms with Gasteiger partial charge in [0.25, 0.3) is 0 Å². The van der Waals surface area contributed by atoms with E-state index in [9.17, 15) is 19.5 Å². The van der Waals surface area contributed by atoms with Gasteiger partial charge in [-0.05, 0) is 71.6 Å². The SMILES string of the molecule is C=CCN(C(=O)C(CC(C)C)NC(=O)OC(C)(C)C)C(C(=O)NC(C)(C)C)c1ccc(O)cc1. The normalized spacial score (nSPS) is 13.6. The molecule has 3 amide bonds. The van der Waals surface area contributed by atoms with E-state index in [2.05, 4.69) is 17.2 Å². The van der Waals surface area contributed by atoms with Crippen LogP contribution in [0.3, 0.4) is 0 Å². The summed E-state index contributed by atoms with van der Waals surface area (Å²) < 4.78 is 5.36. The first-order chi connectivity index (χ1) is 15.5. The van der Waals surface area contributed by atoms with Gasteiger partial charge in [0, 0.05) is 12.1 Å². The van der Waals surface area contributed by atoms with E-state index >= 15 is 0 Å². The van der Waals surface area contributed by atoms with E-state index in [4.69, 9.17) is 4.74 Å². The largest absolute Gasteiger partial charge is 0.508 e. The van der Waals surface area contributed by atoms with Gasteiger partial charge in [-0.15, -0.1) is 6.58 Å². The van der Waals surface area contributed by atoms with Gasteiger partial charge >= 0.3 is 6.09 Å². The maximum Gasteiger partial charge on any atom is 0.408 e. The molecule has 0 radical (unpaired) electrons. The van der Waals surface area contributed by atoms with Gasteiger partial charge < -0.3 is 25.4 Å². The number of ether oxygens (including phenoxy) is 1. The molecule has 1 aromatic carbocycles. The van der Waals surface area contributed by atoms with Crippen molar-refractivity contribution in [3.63, 3.8) is 0 Å². The lowest BCUT2D eigenvalue weighted by molar-refractivity contribution is -0.142. The number of aromatic hydroxyl groups is 1. The Morgan fingerprint density at radius 2 is 1.65 bits per heavy atom. The number of phenols is 1. The van der Waals surface area contributed by atoms with Gasteiger partial charge in [-0.3, -0.25) is 9.59 Å². The minimum absolute atomic E-state index is 0.0459. The fourth-order valence-electron chi connectivity index (χ4n) is 3.37. The van der Waals surface area contributed by atoms with Crippen LogP contribution in [0.15, 0.2) is 36.9 Å². The van der Waals surface area contributed by atoms with Crippen LogP contribution >= 0.6 is 0 Å². The number of carbonyl (C=O) groups is 3. The minimum Gasteiger partial charge on any atom is -0.508 e. The van der Waals surface area contributed by atoms with Gasteiger partial charge in [-0.2, -0.15) is 0 Å². The number of rotatable bonds is 9. The lowest BCUT2D eigenvalue weighted by Gasteiger charge is -2.35. The molecule has 0 bridgehead atoms. The molecular formula is C26H41N3O5. The highest BCUT2D eigenvalue weighted by Crippen LogP contribution is 2.26. The average molecular weight is 476 g/mol. The van der Waals surface area contributed by atoms with Crippen LogP contribution in [0, 0.1) is 5.92 Å². The van der Waals surface area contributed by atoms with Crippen LogP contribution in [-0.2, 0) is 14.3 Å². The van der Waals surface area contributed by atoms with Gasteiger partial charge in [-0.1, -0.05) is 32.1 Å². The van der Waals surface area contributed by atoms with Crippen molar-refractivity contribution in [1.82, 2.24) is 15.5 Å². The van der Waals surface area contributed by atoms with Gasteiger partial charge in [0.1, 0.15) is 23.4 Å². The molecule has 190 valence electrons. The summed E-state index contributed by atoms with van der Waals surface area (Å²) in [6.07, 6.45) is 1.19. The zero-order chi connectivity index (χ0) is 26.3. The van der Waals surface area contributed by atoms with E-state index in [-0.39, 0.29) is 24.1 Å². The van der Waals surface area contributed by atoms with Crippen LogP contribution in [0.25, 0.3) is 0 Å². The lowest BCUT2D eigenvalue weighted by Crippen LogP contribution is -2.55. The van der Waals surface area contributed by atoms with Crippen molar-refractivity contribution < 1.29 is 24.2 Å². The zero-order valence-electron chi connectivity index (χ0n) is 21.8. The van der Waals surface area contributed by atoms with E-state index in [1.54, 1.807) is 32.9 Å². The number of nitrogens with one attached hydrogen (secondary N) is 2. The van der Waals surface area contributed by atoms with E-state index in [1.165, 1.54) is 23.1 Å². The maximum absolute atomic E-state index is 13.8. The molecule has 2 unspecified atom stereocenters. The number of hydrogen-bond acceptors (Lipinski definition) is 5. The van der Waals surface area contributed by atoms with E-state index in [1.807, 2.05) is 34.6 Å². The van der Waals surface area contributed by atoms with Crippen molar-refractivity contribution in [1.29, 1.82) is 0 Å². The molecular weight excluding hydrogens is 434 g/mol. The zero-order valence-corrected chi connectivity index (χ0v) is 21.8. The number of amides is 3. The molecule has 3 N–H and O–H groups in total. The van der Waals surface area contributed by atoms with Gasteiger partial charge in [-0.25, -0.2) is 4.79 Å². The number of alkyl carbamates (subject to hydrolysis) is 1. The third-order valence-electron chi connectivity index (χ3n) is 4.57. The van der Waals surface area contributed by atoms with Gasteiger partial charge in [0.2, 0.25) is 11.8 Å². The van der Waals surface area contributed by atoms with Crippen LogP contribution in [0.2, 0.25) is 0 Å². The molecule has 8 heteroatoms. The quantitative estimate of drug-likeness (QED) is 0.462. The highest BCUT2D eigenvalue weighted by molar-refractivity contribution is 5.92. The second-order valence-corrected chi connectivity index (χ2v) is 10.8. The standard InChI is InChI=1S/C26H41N3O5/c1-10-15-29(23(32)20(16-17(2)3)27-24(33)34-26(7,8)9)21(22(31)28-25(4,5)6)18-11-13-19(30)14-12-18/h10-14,17,20-21,30H,1,15-16H2,2-9H3,(H,27,33)(H,28,31). The van der Waals surface area contributed by atoms with Crippen LogP contribution in [0.4, 0.5) is 4.79 Å². The van der Waals surface area contributed by atoms with Gasteiger partial charge in [0.05, 0.1) is 0 Å². The molecule has 1 aromatic rings. The van der Waals surface area contributed by atoms with Crippen molar-refractivity contribution in [2.24, 2.45) is 5.92 Å². The Labute approximate surface area is 203 Å². The summed E-state index contributed by atoms with van der Waals surface area (Å²) in [5, 5.41) is 15.4. The van der Waals surface area contributed by atoms with E-state index in [0.717, 1.165) is 0 Å². The maximum atomic E-state index is 13.8. The number of benzene rings is 1. The second-order valence-electron chi connectivity index (χ2n) is 10.8. The fourth-order valence-corrected chi connectivity index (χ4v) is 3.37. The highest BCUT2D eigenvalue weighted by Gasteiger charge is 2.37. The summed E-state index contributed by atoms with van der Waals surface area (Å²) in [4.78, 5) is 41.1. The fraction of sp³-hybridized carbons (Fsp3) is 0.577. The molecule has 34 heavy (non-hydrogen) atoms. The summed E-state index contributed by atoms with van der Waals surface area (Å²) in [5.41, 5.74) is -0.742. The molecule has 0 saturated heterocycles. The first kappa shape index (κ1) is 29.0. The Morgan fingerprint density at radius 1 is 1.09 bits per heavy atom. The second kappa shape index (κ2) is 11.9. The molecule has 0 spiro atoms. The Morgan fingerprint density at radius 3 is 2.09 bits per heavy atom. The topological polar surface area (TPSA) is 108 Å². The van der Waals surface area contributed by atoms with Crippen molar-refractivity contribution in [2.75, 3.05) is 6.54 Å². The van der Waals surface area contributed by atoms with Crippen molar-refractivity contribution in [3.8, 4) is 5.75 Å². The van der Waals surface area contributed by atoms with Crippen molar-refractivity contribution in [2.45, 2.75) is 85.0 Å². The van der Waals surface area contributed by atoms with E-state index < -0.39 is 35.2 Å². The number of phenolic OH excluding ortho intramolecular Hbond substituents is 1. The minimum atomic E-state index is -1.000. The summed E-state index contributed by atoms with van der Waals surface area (Å²) >= 11 is 0. The Kier molecular flexibility index (Phi) is 10.2. The summed E-state index contributed by atoms with van der Waals surface area (Å²) in [5.74, 6) is -0.676. The number of hydrogen-bond donors (Lipinski definition) is 3. The number of nitrogens with zero attached hydrogens (tertiary/aromatic N) is 1. The molecule has 1 rings (SSSR count). The Balaban J connectivity index is 3.44. The third kappa shape index (κ3) is 9.85. The predicted octanol–water partition coefficient (Wildman–Crippen LogP) is 4.30. The molecule has 0 fully saturated rings. The first-order valence-electron chi connectivity index (χ1n) is 11.6. The predicted molar refractivity (Wildman–Crippen MR) is 133 cm³/mol.